The Morgan fingerprint density at radius 1 is 0.734 bits per heavy atom. The minimum absolute atomic E-state index is 0.0936. The molecule has 1 aromatic heterocycles. The number of carboxylic acids is 3. The number of carboxylic acid groups (broad SMARTS) is 3. The summed E-state index contributed by atoms with van der Waals surface area (Å²) in [6.07, 6.45) is 6.85. The van der Waals surface area contributed by atoms with Crippen molar-refractivity contribution in [1.29, 1.82) is 0 Å². The summed E-state index contributed by atoms with van der Waals surface area (Å²) in [7, 11) is 1.44. The highest BCUT2D eigenvalue weighted by molar-refractivity contribution is 7.99. The van der Waals surface area contributed by atoms with Gasteiger partial charge in [0.1, 0.15) is 17.9 Å². The number of aliphatic hydroxyl groups excluding tert-OH is 1. The zero-order valence-corrected chi connectivity index (χ0v) is 55.4. The van der Waals surface area contributed by atoms with Gasteiger partial charge >= 0.3 is 17.9 Å². The first-order chi connectivity index (χ1) is 45.0. The van der Waals surface area contributed by atoms with Gasteiger partial charge in [0.15, 0.2) is 0 Å². The van der Waals surface area contributed by atoms with Crippen molar-refractivity contribution in [2.24, 2.45) is 10.9 Å². The first kappa shape index (κ1) is 75.9. The summed E-state index contributed by atoms with van der Waals surface area (Å²) in [6.45, 7) is 3.13. The second-order valence-electron chi connectivity index (χ2n) is 23.9. The molecule has 26 nitrogen and oxygen atoms in total. The maximum atomic E-state index is 14.1. The van der Waals surface area contributed by atoms with Crippen LogP contribution in [-0.4, -0.2) is 293 Å². The standard InChI is InChI=1S/C64H92F2N12O14S2/c1-45-9-11-46(12-10-45)7-5-8-55(80)69-19-32-93-42-53(72-56(81)38-73-23-25-74(39-58(83)84)27-29-76(41-60(87)88)30-28-75(26-24-73)40-59(85)86)62(90)70-20-33-94-43-54(79)63(91)77-21-16-47(17-22-77)6-3-4-31-92-49-13-14-52-51(34-49)50(15-18-68-52)61(89)71-37-57(82)78-44-64(65,66)35-48(78)36-67-2/h9-15,18,34,36,47-48,53-54,79H,3-8,16-17,19-33,35,37-44H2,1-2H3,(H,69,80)(H,70,90)(H,71,89)(H,72,81)(H,83,84)(H,85,86)(H,87,88)/b67-36+/t48-,53+,54-/m1/s1. The van der Waals surface area contributed by atoms with E-state index in [4.69, 9.17) is 4.74 Å². The number of ether oxygens (including phenoxy) is 1. The smallest absolute Gasteiger partial charge is 0.317 e. The summed E-state index contributed by atoms with van der Waals surface area (Å²) < 4.78 is 34.3. The zero-order chi connectivity index (χ0) is 68.0. The number of unbranched alkanes of at least 4 members (excludes halogenated alkanes) is 1. The first-order valence-electron chi connectivity index (χ1n) is 32.0. The van der Waals surface area contributed by atoms with E-state index in [-0.39, 0.29) is 114 Å². The number of aromatic nitrogens is 1. The largest absolute Gasteiger partial charge is 0.494 e. The topological polar surface area (TPSA) is 337 Å². The maximum Gasteiger partial charge on any atom is 0.317 e. The normalized spacial score (nSPS) is 18.0. The molecule has 30 heteroatoms. The molecule has 3 saturated heterocycles. The van der Waals surface area contributed by atoms with Crippen LogP contribution in [0.2, 0.25) is 0 Å². The Kier molecular flexibility index (Phi) is 32.1. The third-order valence-corrected chi connectivity index (χ3v) is 18.6. The lowest BCUT2D eigenvalue weighted by molar-refractivity contribution is -0.140. The number of fused-ring (bicyclic) bond motifs is 1. The van der Waals surface area contributed by atoms with Crippen LogP contribution in [0.5, 0.6) is 5.75 Å². The molecule has 3 fully saturated rings. The summed E-state index contributed by atoms with van der Waals surface area (Å²) in [5, 5.41) is 51.5. The Balaban J connectivity index is 0.922. The number of nitrogens with zero attached hydrogens (tertiary/aromatic N) is 8. The predicted molar refractivity (Wildman–Crippen MR) is 354 cm³/mol. The summed E-state index contributed by atoms with van der Waals surface area (Å²) in [5.41, 5.74) is 3.09. The van der Waals surface area contributed by atoms with Crippen LogP contribution in [0.4, 0.5) is 8.78 Å². The second-order valence-corrected chi connectivity index (χ2v) is 26.2. The monoisotopic (exact) mass is 1350 g/mol. The molecular weight excluding hydrogens is 1260 g/mol. The molecule has 4 heterocycles. The number of carbonyl (C=O) groups excluding carboxylic acids is 6. The minimum Gasteiger partial charge on any atom is -0.494 e. The SMILES string of the molecule is C/N=C/[C@H]1CC(F)(F)CN1C(=O)CNC(=O)c1ccnc2ccc(OCCCCC3CCN(C(=O)[C@H](O)CSCCNC(=O)[C@H](CSCCNC(=O)CCCc4ccc(C)cc4)NC(=O)CN4CCN(CC(=O)O)CCN(CC(=O)O)CCN(CC(=O)O)CC4)CC3)cc12. The van der Waals surface area contributed by atoms with Crippen LogP contribution in [0, 0.1) is 12.8 Å². The number of amides is 6. The average Bonchev–Trinajstić information content (AvgIpc) is 1.01. The van der Waals surface area contributed by atoms with Crippen LogP contribution in [0.25, 0.3) is 10.9 Å². The Labute approximate surface area is 555 Å². The van der Waals surface area contributed by atoms with Gasteiger partial charge in [-0.05, 0) is 81.2 Å². The number of likely N-dealkylation sites (tertiary alicyclic amines) is 2. The molecule has 3 aromatic rings. The van der Waals surface area contributed by atoms with Gasteiger partial charge in [0, 0.05) is 139 Å². The summed E-state index contributed by atoms with van der Waals surface area (Å²) in [5.74, 6) is -7.02. The van der Waals surface area contributed by atoms with Crippen LogP contribution in [0.1, 0.15) is 72.9 Å². The van der Waals surface area contributed by atoms with E-state index >= 15 is 0 Å². The molecule has 518 valence electrons. The van der Waals surface area contributed by atoms with Crippen LogP contribution >= 0.6 is 23.5 Å². The molecular formula is C64H92F2N12O14S2. The van der Waals surface area contributed by atoms with E-state index in [1.54, 1.807) is 42.7 Å². The molecule has 3 aliphatic heterocycles. The van der Waals surface area contributed by atoms with Crippen LogP contribution in [-0.2, 0) is 44.8 Å². The van der Waals surface area contributed by atoms with Gasteiger partial charge in [-0.15, -0.1) is 0 Å². The molecule has 94 heavy (non-hydrogen) atoms. The molecule has 6 amide bonds. The number of carbonyl (C=O) groups is 9. The number of aliphatic imine (C=N–C) groups is 1. The van der Waals surface area contributed by atoms with Crippen molar-refractivity contribution in [1.82, 2.24) is 55.7 Å². The highest BCUT2D eigenvalue weighted by Crippen LogP contribution is 2.32. The number of aliphatic hydroxyl groups is 1. The fourth-order valence-corrected chi connectivity index (χ4v) is 13.0. The molecule has 8 N–H and O–H groups in total. The summed E-state index contributed by atoms with van der Waals surface area (Å²) >= 11 is 2.65. The van der Waals surface area contributed by atoms with Crippen molar-refractivity contribution in [3.8, 4) is 5.75 Å². The van der Waals surface area contributed by atoms with Crippen molar-refractivity contribution >= 4 is 94.0 Å². The number of nitrogens with one attached hydrogen (secondary N) is 4. The van der Waals surface area contributed by atoms with Crippen molar-refractivity contribution < 1.29 is 77.1 Å². The van der Waals surface area contributed by atoms with E-state index in [0.717, 1.165) is 54.6 Å². The van der Waals surface area contributed by atoms with Crippen molar-refractivity contribution in [2.45, 2.75) is 88.8 Å². The molecule has 0 saturated carbocycles. The molecule has 3 aliphatic rings. The first-order valence-corrected chi connectivity index (χ1v) is 34.3. The van der Waals surface area contributed by atoms with Gasteiger partial charge in [-0.1, -0.05) is 36.2 Å². The van der Waals surface area contributed by atoms with E-state index in [1.807, 2.05) is 31.2 Å². The molecule has 3 atom stereocenters. The lowest BCUT2D eigenvalue weighted by atomic mass is 9.91. The molecule has 0 spiro atoms. The Bertz CT molecular complexity index is 2990. The number of hydrogen-bond donors (Lipinski definition) is 8. The number of aliphatic carboxylic acids is 3. The Morgan fingerprint density at radius 3 is 1.94 bits per heavy atom. The lowest BCUT2D eigenvalue weighted by Crippen LogP contribution is -2.53. The van der Waals surface area contributed by atoms with Gasteiger partial charge in [-0.25, -0.2) is 8.78 Å². The highest BCUT2D eigenvalue weighted by Gasteiger charge is 2.46. The molecule has 0 radical (unpaired) electrons. The number of pyridine rings is 1. The van der Waals surface area contributed by atoms with Crippen LogP contribution in [0.15, 0.2) is 59.7 Å². The summed E-state index contributed by atoms with van der Waals surface area (Å²) in [6, 6.07) is 13.0. The van der Waals surface area contributed by atoms with Crippen molar-refractivity contribution in [2.75, 3.05) is 154 Å². The third kappa shape index (κ3) is 27.3. The number of benzene rings is 2. The second kappa shape index (κ2) is 39.7. The number of aryl methyl sites for hydroxylation is 2. The van der Waals surface area contributed by atoms with Gasteiger partial charge in [-0.3, -0.25) is 72.7 Å². The van der Waals surface area contributed by atoms with E-state index < -0.39 is 85.2 Å². The number of thioether (sulfide) groups is 2. The number of alkyl halides is 2. The zero-order valence-electron chi connectivity index (χ0n) is 53.7. The predicted octanol–water partition coefficient (Wildman–Crippen LogP) is 2.04. The number of hydrogen-bond acceptors (Lipinski definition) is 19. The molecule has 0 unspecified atom stereocenters. The average molecular weight is 1360 g/mol. The molecule has 0 aliphatic carbocycles. The van der Waals surface area contributed by atoms with Crippen molar-refractivity contribution in [3.05, 3.63) is 71.4 Å². The fraction of sp³-hybridized carbons (Fsp3) is 0.609. The third-order valence-electron chi connectivity index (χ3n) is 16.5. The van der Waals surface area contributed by atoms with Crippen LogP contribution in [0.3, 0.4) is 0 Å². The van der Waals surface area contributed by atoms with E-state index in [9.17, 15) is 72.4 Å². The van der Waals surface area contributed by atoms with Gasteiger partial charge in [0.2, 0.25) is 23.6 Å². The maximum absolute atomic E-state index is 14.1. The van der Waals surface area contributed by atoms with E-state index in [1.165, 1.54) is 49.0 Å². The highest BCUT2D eigenvalue weighted by atomic mass is 32.2. The minimum atomic E-state index is -3.05. The lowest BCUT2D eigenvalue weighted by Gasteiger charge is -2.33. The van der Waals surface area contributed by atoms with Gasteiger partial charge in [0.25, 0.3) is 17.7 Å². The molecule has 2 aromatic carbocycles. The summed E-state index contributed by atoms with van der Waals surface area (Å²) in [4.78, 5) is 133. The molecule has 6 rings (SSSR count). The van der Waals surface area contributed by atoms with E-state index in [2.05, 4.69) is 31.2 Å². The Hall–Kier alpha value is -7.09. The number of piperidine rings is 1. The quantitative estimate of drug-likeness (QED) is 0.0309. The van der Waals surface area contributed by atoms with Gasteiger partial charge < -0.3 is 56.2 Å². The van der Waals surface area contributed by atoms with E-state index in [0.29, 0.717) is 73.2 Å². The van der Waals surface area contributed by atoms with Crippen LogP contribution < -0.4 is 26.0 Å². The fourth-order valence-electron chi connectivity index (χ4n) is 11.4. The Morgan fingerprint density at radius 2 is 1.33 bits per heavy atom. The van der Waals surface area contributed by atoms with Crippen molar-refractivity contribution in [3.63, 3.8) is 0 Å². The van der Waals surface area contributed by atoms with Gasteiger partial charge in [0.05, 0.1) is 63.0 Å². The number of rotatable bonds is 35. The van der Waals surface area contributed by atoms with Gasteiger partial charge in [-0.2, -0.15) is 23.5 Å². The molecule has 0 bridgehead atoms. The number of halogens is 2.